The lowest BCUT2D eigenvalue weighted by atomic mass is 10.1. The number of nitrogens with one attached hydrogen (secondary N) is 1. The first-order valence-corrected chi connectivity index (χ1v) is 5.68. The van der Waals surface area contributed by atoms with Gasteiger partial charge in [0.25, 0.3) is 0 Å². The van der Waals surface area contributed by atoms with E-state index in [1.165, 1.54) is 0 Å². The molecule has 0 unspecified atom stereocenters. The van der Waals surface area contributed by atoms with Crippen LogP contribution in [0, 0.1) is 0 Å². The molecule has 0 fully saturated rings. The minimum Gasteiger partial charge on any atom is -0.444 e. The monoisotopic (exact) mass is 264 g/mol. The molecule has 17 heavy (non-hydrogen) atoms. The van der Waals surface area contributed by atoms with Gasteiger partial charge in [-0.05, 0) is 20.8 Å². The van der Waals surface area contributed by atoms with Crippen LogP contribution in [0.15, 0.2) is 5.16 Å². The minimum absolute atomic E-state index is 0.274. The molecular formula is C10H17ClN2O4. The summed E-state index contributed by atoms with van der Waals surface area (Å²) in [5.74, 6) is 0. The zero-order valence-corrected chi connectivity index (χ0v) is 10.8. The van der Waals surface area contributed by atoms with Crippen molar-refractivity contribution in [3.8, 4) is 0 Å². The Morgan fingerprint density at radius 3 is 2.82 bits per heavy atom. The molecule has 0 aromatic carbocycles. The van der Waals surface area contributed by atoms with Crippen molar-refractivity contribution >= 4 is 22.9 Å². The number of aliphatic hydroxyl groups is 1. The number of amides is 1. The number of ether oxygens (including phenoxy) is 1. The standard InChI is InChI=1S/C10H17ClN2O4/c1-10(2,3)16-9(15)12-6(5-14)7-4-8(11)13-17-7/h6-7,14H,4-5H2,1-3H3,(H,12,15)/t6-,7-/m1/s1. The summed E-state index contributed by atoms with van der Waals surface area (Å²) in [6.45, 7) is 5.00. The topological polar surface area (TPSA) is 80.2 Å². The Balaban J connectivity index is 2.45. The largest absolute Gasteiger partial charge is 0.444 e. The van der Waals surface area contributed by atoms with E-state index in [1.54, 1.807) is 20.8 Å². The fourth-order valence-corrected chi connectivity index (χ4v) is 1.49. The van der Waals surface area contributed by atoms with Crippen molar-refractivity contribution in [2.45, 2.75) is 44.9 Å². The molecule has 0 saturated heterocycles. The van der Waals surface area contributed by atoms with Gasteiger partial charge < -0.3 is 20.0 Å². The highest BCUT2D eigenvalue weighted by molar-refractivity contribution is 6.65. The summed E-state index contributed by atoms with van der Waals surface area (Å²) < 4.78 is 5.07. The van der Waals surface area contributed by atoms with Gasteiger partial charge in [0.05, 0.1) is 12.6 Å². The first-order chi connectivity index (χ1) is 7.81. The summed E-state index contributed by atoms with van der Waals surface area (Å²) in [6, 6.07) is -0.593. The van der Waals surface area contributed by atoms with Crippen LogP contribution in [0.5, 0.6) is 0 Å². The van der Waals surface area contributed by atoms with E-state index in [1.807, 2.05) is 0 Å². The summed E-state index contributed by atoms with van der Waals surface area (Å²) in [7, 11) is 0. The van der Waals surface area contributed by atoms with Crippen molar-refractivity contribution in [1.29, 1.82) is 0 Å². The summed E-state index contributed by atoms with van der Waals surface area (Å²) in [5.41, 5.74) is -0.589. The Hall–Kier alpha value is -1.01. The fraction of sp³-hybridized carbons (Fsp3) is 0.800. The second-order valence-electron chi connectivity index (χ2n) is 4.75. The maximum absolute atomic E-state index is 11.5. The van der Waals surface area contributed by atoms with E-state index in [0.29, 0.717) is 11.6 Å². The first kappa shape index (κ1) is 14.1. The average Bonchev–Trinajstić information content (AvgIpc) is 2.58. The van der Waals surface area contributed by atoms with Crippen molar-refractivity contribution in [1.82, 2.24) is 5.32 Å². The van der Waals surface area contributed by atoms with E-state index in [-0.39, 0.29) is 6.61 Å². The Labute approximate surface area is 105 Å². The highest BCUT2D eigenvalue weighted by Crippen LogP contribution is 2.16. The van der Waals surface area contributed by atoms with Crippen molar-refractivity contribution in [3.63, 3.8) is 0 Å². The molecule has 2 atom stereocenters. The van der Waals surface area contributed by atoms with Gasteiger partial charge in [-0.1, -0.05) is 16.8 Å². The van der Waals surface area contributed by atoms with E-state index in [2.05, 4.69) is 10.5 Å². The molecule has 0 aromatic rings. The van der Waals surface area contributed by atoms with Gasteiger partial charge in [0, 0.05) is 6.42 Å². The number of oxime groups is 1. The van der Waals surface area contributed by atoms with Crippen LogP contribution in [0.4, 0.5) is 4.79 Å². The van der Waals surface area contributed by atoms with Crippen LogP contribution in [0.3, 0.4) is 0 Å². The molecular weight excluding hydrogens is 248 g/mol. The van der Waals surface area contributed by atoms with Gasteiger partial charge in [0.2, 0.25) is 0 Å². The zero-order chi connectivity index (χ0) is 13.1. The molecule has 1 heterocycles. The van der Waals surface area contributed by atoms with Crippen LogP contribution in [-0.4, -0.2) is 40.7 Å². The van der Waals surface area contributed by atoms with Gasteiger partial charge in [-0.3, -0.25) is 0 Å². The van der Waals surface area contributed by atoms with E-state index in [4.69, 9.17) is 21.2 Å². The third-order valence-electron chi connectivity index (χ3n) is 2.00. The van der Waals surface area contributed by atoms with E-state index in [9.17, 15) is 9.90 Å². The molecule has 1 amide bonds. The van der Waals surface area contributed by atoms with Gasteiger partial charge >= 0.3 is 6.09 Å². The van der Waals surface area contributed by atoms with Gasteiger partial charge in [0.15, 0.2) is 6.10 Å². The lowest BCUT2D eigenvalue weighted by Gasteiger charge is -2.24. The smallest absolute Gasteiger partial charge is 0.408 e. The third kappa shape index (κ3) is 4.79. The number of hydrogen-bond donors (Lipinski definition) is 2. The molecule has 1 rings (SSSR count). The van der Waals surface area contributed by atoms with E-state index >= 15 is 0 Å². The quantitative estimate of drug-likeness (QED) is 0.803. The number of halogens is 1. The molecule has 0 saturated carbocycles. The number of alkyl carbamates (subject to hydrolysis) is 1. The van der Waals surface area contributed by atoms with Crippen LogP contribution in [-0.2, 0) is 9.57 Å². The zero-order valence-electron chi connectivity index (χ0n) is 10.1. The number of aliphatic hydroxyl groups excluding tert-OH is 1. The van der Waals surface area contributed by atoms with Crippen LogP contribution in [0.2, 0.25) is 0 Å². The molecule has 0 aromatic heterocycles. The van der Waals surface area contributed by atoms with Crippen molar-refractivity contribution in [3.05, 3.63) is 0 Å². The molecule has 2 N–H and O–H groups in total. The van der Waals surface area contributed by atoms with E-state index in [0.717, 1.165) is 0 Å². The van der Waals surface area contributed by atoms with Crippen LogP contribution in [0.25, 0.3) is 0 Å². The Morgan fingerprint density at radius 1 is 1.76 bits per heavy atom. The molecule has 6 nitrogen and oxygen atoms in total. The molecule has 0 aliphatic carbocycles. The number of hydrogen-bond acceptors (Lipinski definition) is 5. The minimum atomic E-state index is -0.608. The second-order valence-corrected chi connectivity index (χ2v) is 5.19. The van der Waals surface area contributed by atoms with Gasteiger partial charge in [-0.2, -0.15) is 0 Å². The van der Waals surface area contributed by atoms with Gasteiger partial charge in [0.1, 0.15) is 10.8 Å². The number of rotatable bonds is 3. The third-order valence-corrected chi connectivity index (χ3v) is 2.23. The Kier molecular flexibility index (Phi) is 4.59. The SMILES string of the molecule is CC(C)(C)OC(=O)N[C@H](CO)[C@H]1CC(Cl)=NO1. The van der Waals surface area contributed by atoms with Gasteiger partial charge in [-0.15, -0.1) is 0 Å². The van der Waals surface area contributed by atoms with Crippen LogP contribution in [0.1, 0.15) is 27.2 Å². The Morgan fingerprint density at radius 2 is 2.41 bits per heavy atom. The molecule has 0 radical (unpaired) electrons. The summed E-state index contributed by atoms with van der Waals surface area (Å²) >= 11 is 5.65. The Bertz CT molecular complexity index is 314. The molecule has 0 bridgehead atoms. The van der Waals surface area contributed by atoms with Crippen LogP contribution < -0.4 is 5.32 Å². The van der Waals surface area contributed by atoms with Crippen molar-refractivity contribution in [2.24, 2.45) is 5.16 Å². The molecule has 0 spiro atoms. The number of carbonyl (C=O) groups is 1. The maximum Gasteiger partial charge on any atom is 0.408 e. The van der Waals surface area contributed by atoms with E-state index < -0.39 is 23.8 Å². The molecule has 7 heteroatoms. The number of carbonyl (C=O) groups excluding carboxylic acids is 1. The normalized spacial score (nSPS) is 21.5. The average molecular weight is 265 g/mol. The molecule has 1 aliphatic rings. The molecule has 1 aliphatic heterocycles. The fourth-order valence-electron chi connectivity index (χ4n) is 1.30. The van der Waals surface area contributed by atoms with Crippen molar-refractivity contribution in [2.75, 3.05) is 6.61 Å². The van der Waals surface area contributed by atoms with Crippen molar-refractivity contribution < 1.29 is 19.5 Å². The first-order valence-electron chi connectivity index (χ1n) is 5.30. The second kappa shape index (κ2) is 5.55. The highest BCUT2D eigenvalue weighted by atomic mass is 35.5. The predicted octanol–water partition coefficient (Wildman–Crippen LogP) is 1.21. The lowest BCUT2D eigenvalue weighted by Crippen LogP contribution is -2.47. The highest BCUT2D eigenvalue weighted by Gasteiger charge is 2.31. The summed E-state index contributed by atoms with van der Waals surface area (Å²) in [4.78, 5) is 16.5. The lowest BCUT2D eigenvalue weighted by molar-refractivity contribution is 0.0178. The van der Waals surface area contributed by atoms with Crippen LogP contribution >= 0.6 is 11.6 Å². The van der Waals surface area contributed by atoms with Gasteiger partial charge in [-0.25, -0.2) is 4.79 Å². The predicted molar refractivity (Wildman–Crippen MR) is 63.0 cm³/mol. The number of nitrogens with zero attached hydrogens (tertiary/aromatic N) is 1. The maximum atomic E-state index is 11.5. The summed E-state index contributed by atoms with van der Waals surface area (Å²) in [6.07, 6.45) is -0.703. The summed E-state index contributed by atoms with van der Waals surface area (Å²) in [5, 5.41) is 15.6. The molecule has 98 valence electrons.